The predicted octanol–water partition coefficient (Wildman–Crippen LogP) is 19.6. The molecule has 0 fully saturated rings. The fourth-order valence-electron chi connectivity index (χ4n) is 11.0. The fourth-order valence-corrected chi connectivity index (χ4v) is 11.0. The summed E-state index contributed by atoms with van der Waals surface area (Å²) in [5.74, 6) is 1.81. The molecule has 0 unspecified atom stereocenters. The van der Waals surface area contributed by atoms with Crippen LogP contribution in [0.15, 0.2) is 303 Å². The molecule has 0 bridgehead atoms. The second-order valence-corrected chi connectivity index (χ2v) is 20.0. The van der Waals surface area contributed by atoms with Gasteiger partial charge in [0.25, 0.3) is 0 Å². The quantitative estimate of drug-likeness (QED) is 0.130. The van der Waals surface area contributed by atoms with Crippen molar-refractivity contribution in [3.63, 3.8) is 0 Å². The van der Waals surface area contributed by atoms with Crippen LogP contribution in [-0.2, 0) is 0 Å². The van der Waals surface area contributed by atoms with Gasteiger partial charge in [0.2, 0.25) is 0 Å². The first-order valence-electron chi connectivity index (χ1n) is 26.8. The zero-order chi connectivity index (χ0) is 52.5. The third kappa shape index (κ3) is 9.39. The largest absolute Gasteiger partial charge is 0.309 e. The van der Waals surface area contributed by atoms with Crippen LogP contribution < -0.4 is 0 Å². The van der Waals surface area contributed by atoms with Crippen LogP contribution in [0, 0.1) is 0 Å². The van der Waals surface area contributed by atoms with Gasteiger partial charge in [-0.05, 0) is 132 Å². The minimum atomic E-state index is 0.601. The van der Waals surface area contributed by atoms with Gasteiger partial charge in [-0.1, -0.05) is 249 Å². The molecule has 79 heavy (non-hydrogen) atoms. The van der Waals surface area contributed by atoms with Gasteiger partial charge in [-0.15, -0.1) is 0 Å². The molecular formula is C75H50N4. The van der Waals surface area contributed by atoms with Crippen LogP contribution in [0.4, 0.5) is 0 Å². The highest BCUT2D eigenvalue weighted by Gasteiger charge is 2.17. The van der Waals surface area contributed by atoms with Gasteiger partial charge in [-0.2, -0.15) is 0 Å². The number of rotatable bonds is 11. The third-order valence-corrected chi connectivity index (χ3v) is 15.1. The molecule has 14 rings (SSSR count). The Morgan fingerprint density at radius 1 is 0.177 bits per heavy atom. The van der Waals surface area contributed by atoms with E-state index in [0.717, 1.165) is 55.8 Å². The molecule has 0 radical (unpaired) electrons. The lowest BCUT2D eigenvalue weighted by Crippen LogP contribution is -2.00. The normalized spacial score (nSPS) is 11.3. The lowest BCUT2D eigenvalue weighted by atomic mass is 9.96. The molecule has 12 aromatic carbocycles. The lowest BCUT2D eigenvalue weighted by Gasteiger charge is -2.12. The van der Waals surface area contributed by atoms with Crippen LogP contribution in [0.5, 0.6) is 0 Å². The molecule has 0 amide bonds. The highest BCUT2D eigenvalue weighted by atomic mass is 15.0. The third-order valence-electron chi connectivity index (χ3n) is 15.1. The molecule has 4 nitrogen and oxygen atoms in total. The molecule has 4 heteroatoms. The summed E-state index contributed by atoms with van der Waals surface area (Å²) >= 11 is 0. The highest BCUT2D eigenvalue weighted by Crippen LogP contribution is 2.37. The maximum atomic E-state index is 5.25. The van der Waals surface area contributed by atoms with E-state index in [4.69, 9.17) is 15.0 Å². The van der Waals surface area contributed by atoms with Crippen molar-refractivity contribution in [3.05, 3.63) is 303 Å². The average Bonchev–Trinajstić information content (AvgIpc) is 4.06. The monoisotopic (exact) mass is 1010 g/mol. The van der Waals surface area contributed by atoms with Crippen molar-refractivity contribution in [2.45, 2.75) is 0 Å². The summed E-state index contributed by atoms with van der Waals surface area (Å²) in [7, 11) is 0. The molecule has 0 aliphatic rings. The van der Waals surface area contributed by atoms with Crippen LogP contribution in [0.3, 0.4) is 0 Å². The van der Waals surface area contributed by atoms with Crippen molar-refractivity contribution in [3.8, 4) is 118 Å². The van der Waals surface area contributed by atoms with Gasteiger partial charge >= 0.3 is 0 Å². The Kier molecular flexibility index (Phi) is 12.2. The number of hydrogen-bond acceptors (Lipinski definition) is 3. The van der Waals surface area contributed by atoms with E-state index in [9.17, 15) is 0 Å². The Morgan fingerprint density at radius 3 is 0.823 bits per heavy atom. The van der Waals surface area contributed by atoms with Crippen LogP contribution in [0.2, 0.25) is 0 Å². The first kappa shape index (κ1) is 46.9. The van der Waals surface area contributed by atoms with E-state index in [1.807, 2.05) is 0 Å². The molecule has 0 atom stereocenters. The summed E-state index contributed by atoms with van der Waals surface area (Å²) in [6, 6.07) is 108. The van der Waals surface area contributed by atoms with Crippen molar-refractivity contribution < 1.29 is 0 Å². The molecule has 14 aromatic rings. The number of nitrogens with zero attached hydrogens (tertiary/aromatic N) is 4. The van der Waals surface area contributed by atoms with E-state index >= 15 is 0 Å². The molecule has 0 N–H and O–H groups in total. The Bertz CT molecular complexity index is 4280. The second-order valence-electron chi connectivity index (χ2n) is 20.0. The summed E-state index contributed by atoms with van der Waals surface area (Å²) in [5.41, 5.74) is 22.3. The van der Waals surface area contributed by atoms with Gasteiger partial charge in [0.05, 0.1) is 11.0 Å². The van der Waals surface area contributed by atoms with Crippen molar-refractivity contribution >= 4 is 21.8 Å². The topological polar surface area (TPSA) is 43.6 Å². The van der Waals surface area contributed by atoms with E-state index in [0.29, 0.717) is 17.5 Å². The van der Waals surface area contributed by atoms with E-state index in [1.165, 1.54) is 66.3 Å². The van der Waals surface area contributed by atoms with E-state index in [1.54, 1.807) is 0 Å². The van der Waals surface area contributed by atoms with Crippen LogP contribution >= 0.6 is 0 Å². The predicted molar refractivity (Wildman–Crippen MR) is 329 cm³/mol. The van der Waals surface area contributed by atoms with Gasteiger partial charge in [0.15, 0.2) is 17.5 Å². The summed E-state index contributed by atoms with van der Waals surface area (Å²) in [5, 5.41) is 2.47. The van der Waals surface area contributed by atoms with Gasteiger partial charge in [-0.25, -0.2) is 15.0 Å². The molecule has 0 saturated carbocycles. The maximum absolute atomic E-state index is 5.25. The SMILES string of the molecule is c1ccc(-c2cccc(-c3cccc(-c4ccc(-c5nc(-c6ccc(-c7cccc(-c8cccc(-c9ccccc9)c8)c7)cc6)nc(-c6cccc(-c7cccc(-n8c9ccccc9c9ccccc98)c7)c6)n5)cc4)c3)c2)cc1. The molecule has 0 spiro atoms. The minimum Gasteiger partial charge on any atom is -0.309 e. The Balaban J connectivity index is 0.816. The maximum Gasteiger partial charge on any atom is 0.164 e. The number of fused-ring (bicyclic) bond motifs is 3. The summed E-state index contributed by atoms with van der Waals surface area (Å²) in [6.07, 6.45) is 0. The molecule has 2 heterocycles. The van der Waals surface area contributed by atoms with E-state index in [2.05, 4.69) is 308 Å². The highest BCUT2D eigenvalue weighted by molar-refractivity contribution is 6.09. The van der Waals surface area contributed by atoms with Crippen molar-refractivity contribution in [2.24, 2.45) is 0 Å². The van der Waals surface area contributed by atoms with Crippen LogP contribution in [0.1, 0.15) is 0 Å². The number of hydrogen-bond donors (Lipinski definition) is 0. The summed E-state index contributed by atoms with van der Waals surface area (Å²) in [6.45, 7) is 0. The van der Waals surface area contributed by atoms with E-state index < -0.39 is 0 Å². The first-order chi connectivity index (χ1) is 39.1. The zero-order valence-corrected chi connectivity index (χ0v) is 43.2. The summed E-state index contributed by atoms with van der Waals surface area (Å²) < 4.78 is 2.36. The molecular weight excluding hydrogens is 957 g/mol. The van der Waals surface area contributed by atoms with Crippen molar-refractivity contribution in [2.75, 3.05) is 0 Å². The Labute approximate surface area is 460 Å². The van der Waals surface area contributed by atoms with Gasteiger partial charge < -0.3 is 4.57 Å². The Hall–Kier alpha value is -10.6. The smallest absolute Gasteiger partial charge is 0.164 e. The van der Waals surface area contributed by atoms with Crippen LogP contribution in [-0.4, -0.2) is 19.5 Å². The minimum absolute atomic E-state index is 0.601. The molecule has 2 aromatic heterocycles. The van der Waals surface area contributed by atoms with Gasteiger partial charge in [0.1, 0.15) is 0 Å². The summed E-state index contributed by atoms with van der Waals surface area (Å²) in [4.78, 5) is 15.7. The van der Waals surface area contributed by atoms with Gasteiger partial charge in [0, 0.05) is 33.2 Å². The molecule has 370 valence electrons. The fraction of sp³-hybridized carbons (Fsp3) is 0. The zero-order valence-electron chi connectivity index (χ0n) is 43.2. The Morgan fingerprint density at radius 2 is 0.430 bits per heavy atom. The number of benzene rings is 12. The first-order valence-corrected chi connectivity index (χ1v) is 26.8. The molecule has 0 aliphatic heterocycles. The molecule has 0 saturated heterocycles. The number of aromatic nitrogens is 4. The standard InChI is InChI=1S/C75H50N4/c1-3-17-51(18-4-1)57-21-11-25-61(45-57)63-27-13-23-59(47-63)53-37-41-55(42-38-53)73-76-74(56-43-39-54(40-44-56)60-24-14-28-64(48-60)62-26-12-22-58(46-62)52-19-5-2-6-20-52)78-75(77-73)67-31-15-29-65(49-67)66-30-16-32-68(50-66)79-71-35-9-7-33-69(71)70-34-8-10-36-72(70)79/h1-50H. The average molecular weight is 1010 g/mol. The van der Waals surface area contributed by atoms with Crippen LogP contribution in [0.25, 0.3) is 140 Å². The molecule has 0 aliphatic carbocycles. The second kappa shape index (κ2) is 20.5. The number of para-hydroxylation sites is 2. The van der Waals surface area contributed by atoms with Gasteiger partial charge in [-0.3, -0.25) is 0 Å². The van der Waals surface area contributed by atoms with Crippen molar-refractivity contribution in [1.29, 1.82) is 0 Å². The lowest BCUT2D eigenvalue weighted by molar-refractivity contribution is 1.07. The van der Waals surface area contributed by atoms with Crippen molar-refractivity contribution in [1.82, 2.24) is 19.5 Å². The van der Waals surface area contributed by atoms with E-state index in [-0.39, 0.29) is 0 Å².